The number of carbonyl (C=O) groups is 1. The minimum absolute atomic E-state index is 0.0191. The van der Waals surface area contributed by atoms with Gasteiger partial charge in [0, 0.05) is 12.1 Å². The van der Waals surface area contributed by atoms with E-state index < -0.39 is 16.1 Å². The van der Waals surface area contributed by atoms with Crippen molar-refractivity contribution in [3.63, 3.8) is 0 Å². The predicted molar refractivity (Wildman–Crippen MR) is 73.1 cm³/mol. The molecule has 0 spiro atoms. The molecule has 1 aromatic carbocycles. The van der Waals surface area contributed by atoms with Crippen LogP contribution >= 0.6 is 12.2 Å². The summed E-state index contributed by atoms with van der Waals surface area (Å²) in [6, 6.07) is 6.07. The lowest BCUT2D eigenvalue weighted by atomic mass is 10.2. The van der Waals surface area contributed by atoms with Gasteiger partial charge in [-0.3, -0.25) is 0 Å². The molecule has 0 bridgehead atoms. The molecule has 0 saturated carbocycles. The summed E-state index contributed by atoms with van der Waals surface area (Å²) < 4.78 is 30.7. The summed E-state index contributed by atoms with van der Waals surface area (Å²) in [6.07, 6.45) is -0.970. The molecule has 0 aliphatic heterocycles. The minimum Gasteiger partial charge on any atom is -0.448 e. The Morgan fingerprint density at radius 3 is 2.53 bits per heavy atom. The number of rotatable bonds is 6. The van der Waals surface area contributed by atoms with E-state index in [9.17, 15) is 13.2 Å². The molecule has 0 heterocycles. The third kappa shape index (κ3) is 4.47. The molecule has 0 aromatic heterocycles. The molecule has 0 radical (unpaired) electrons. The molecule has 0 saturated heterocycles. The van der Waals surface area contributed by atoms with E-state index in [1.54, 1.807) is 12.1 Å². The first kappa shape index (κ1) is 15.3. The van der Waals surface area contributed by atoms with Gasteiger partial charge in [-0.1, -0.05) is 30.4 Å². The van der Waals surface area contributed by atoms with Gasteiger partial charge in [-0.25, -0.2) is 17.9 Å². The van der Waals surface area contributed by atoms with Crippen molar-refractivity contribution in [1.29, 1.82) is 0 Å². The van der Waals surface area contributed by atoms with Crippen LogP contribution in [0.5, 0.6) is 0 Å². The fourth-order valence-electron chi connectivity index (χ4n) is 1.31. The Balaban J connectivity index is 2.83. The van der Waals surface area contributed by atoms with Crippen molar-refractivity contribution in [2.45, 2.75) is 4.90 Å². The second kappa shape index (κ2) is 6.45. The average molecular weight is 303 g/mol. The van der Waals surface area contributed by atoms with Gasteiger partial charge >= 0.3 is 6.09 Å². The first-order valence-electron chi connectivity index (χ1n) is 5.15. The molecule has 9 heteroatoms. The maximum absolute atomic E-state index is 12.0. The van der Waals surface area contributed by atoms with Gasteiger partial charge in [0.15, 0.2) is 0 Å². The Morgan fingerprint density at radius 2 is 1.95 bits per heavy atom. The molecule has 19 heavy (non-hydrogen) atoms. The highest BCUT2D eigenvalue weighted by atomic mass is 32.2. The van der Waals surface area contributed by atoms with Crippen LogP contribution in [-0.4, -0.2) is 32.7 Å². The third-order valence-electron chi connectivity index (χ3n) is 2.08. The number of carbonyl (C=O) groups excluding carboxylic acids is 1. The number of benzene rings is 1. The van der Waals surface area contributed by atoms with Gasteiger partial charge in [0.1, 0.15) is 11.6 Å². The van der Waals surface area contributed by atoms with E-state index in [0.29, 0.717) is 0 Å². The van der Waals surface area contributed by atoms with Gasteiger partial charge in [-0.05, 0) is 6.07 Å². The van der Waals surface area contributed by atoms with E-state index in [0.717, 1.165) is 0 Å². The molecular weight excluding hydrogens is 290 g/mol. The quantitative estimate of drug-likeness (QED) is 0.489. The van der Waals surface area contributed by atoms with Crippen LogP contribution in [-0.2, 0) is 14.8 Å². The number of sulfonamides is 1. The molecule has 5 N–H and O–H groups in total. The van der Waals surface area contributed by atoms with Crippen LogP contribution in [0.3, 0.4) is 0 Å². The lowest BCUT2D eigenvalue weighted by Crippen LogP contribution is -2.30. The van der Waals surface area contributed by atoms with Crippen LogP contribution in [0.4, 0.5) is 4.79 Å². The Labute approximate surface area is 116 Å². The monoisotopic (exact) mass is 303 g/mol. The number of nitrogens with two attached hydrogens (primary N) is 2. The molecular formula is C10H13N3O4S2. The molecule has 0 aliphatic carbocycles. The standard InChI is InChI=1S/C10H13N3O4S2/c11-9(18)7-3-1-2-4-8(7)19(15,16)13-5-6-17-10(12)14/h1-4,13H,5-6H2,(H2,11,18)(H2,12,14). The van der Waals surface area contributed by atoms with Crippen molar-refractivity contribution >= 4 is 33.3 Å². The van der Waals surface area contributed by atoms with Crippen molar-refractivity contribution in [3.8, 4) is 0 Å². The van der Waals surface area contributed by atoms with Crippen molar-refractivity contribution in [3.05, 3.63) is 29.8 Å². The van der Waals surface area contributed by atoms with Gasteiger partial charge < -0.3 is 16.2 Å². The zero-order valence-corrected chi connectivity index (χ0v) is 11.5. The molecule has 0 atom stereocenters. The zero-order chi connectivity index (χ0) is 14.5. The molecule has 0 aliphatic rings. The van der Waals surface area contributed by atoms with E-state index in [1.807, 2.05) is 0 Å². The zero-order valence-electron chi connectivity index (χ0n) is 9.83. The number of primary amides is 1. The molecule has 7 nitrogen and oxygen atoms in total. The summed E-state index contributed by atoms with van der Waals surface area (Å²) in [4.78, 5) is 10.3. The van der Waals surface area contributed by atoms with Gasteiger partial charge in [0.05, 0.1) is 4.90 Å². The number of amides is 1. The molecule has 1 rings (SSSR count). The van der Waals surface area contributed by atoms with Crippen LogP contribution in [0.2, 0.25) is 0 Å². The van der Waals surface area contributed by atoms with E-state index in [2.05, 4.69) is 9.46 Å². The van der Waals surface area contributed by atoms with Crippen LogP contribution < -0.4 is 16.2 Å². The maximum Gasteiger partial charge on any atom is 0.404 e. The van der Waals surface area contributed by atoms with Gasteiger partial charge in [0.2, 0.25) is 10.0 Å². The van der Waals surface area contributed by atoms with Gasteiger partial charge in [0.25, 0.3) is 0 Å². The topological polar surface area (TPSA) is 125 Å². The van der Waals surface area contributed by atoms with Crippen LogP contribution in [0.1, 0.15) is 5.56 Å². The molecule has 1 aromatic rings. The molecule has 104 valence electrons. The highest BCUT2D eigenvalue weighted by Gasteiger charge is 2.18. The van der Waals surface area contributed by atoms with Gasteiger partial charge in [-0.15, -0.1) is 0 Å². The first-order valence-corrected chi connectivity index (χ1v) is 7.04. The average Bonchev–Trinajstić information content (AvgIpc) is 2.34. The summed E-state index contributed by atoms with van der Waals surface area (Å²) in [5, 5.41) is 0. The Hall–Kier alpha value is -1.71. The largest absolute Gasteiger partial charge is 0.448 e. The number of thiocarbonyl (C=S) groups is 1. The summed E-state index contributed by atoms with van der Waals surface area (Å²) in [5.74, 6) is 0. The summed E-state index contributed by atoms with van der Waals surface area (Å²) in [5.41, 5.74) is 10.5. The normalized spacial score (nSPS) is 10.9. The number of nitrogens with one attached hydrogen (secondary N) is 1. The first-order chi connectivity index (χ1) is 8.84. The predicted octanol–water partition coefficient (Wildman–Crippen LogP) is -0.306. The Bertz CT molecular complexity index is 586. The van der Waals surface area contributed by atoms with Crippen molar-refractivity contribution in [1.82, 2.24) is 4.72 Å². The van der Waals surface area contributed by atoms with Crippen LogP contribution in [0.25, 0.3) is 0 Å². The highest BCUT2D eigenvalue weighted by molar-refractivity contribution is 7.89. The Morgan fingerprint density at radius 1 is 1.32 bits per heavy atom. The van der Waals surface area contributed by atoms with Gasteiger partial charge in [-0.2, -0.15) is 0 Å². The summed E-state index contributed by atoms with van der Waals surface area (Å²) >= 11 is 4.79. The lowest BCUT2D eigenvalue weighted by Gasteiger charge is -2.10. The molecule has 0 fully saturated rings. The van der Waals surface area contributed by atoms with E-state index in [4.69, 9.17) is 23.7 Å². The number of hydrogen-bond acceptors (Lipinski definition) is 5. The van der Waals surface area contributed by atoms with Crippen LogP contribution in [0, 0.1) is 0 Å². The second-order valence-electron chi connectivity index (χ2n) is 3.43. The van der Waals surface area contributed by atoms with Crippen molar-refractivity contribution in [2.75, 3.05) is 13.2 Å². The lowest BCUT2D eigenvalue weighted by molar-refractivity contribution is 0.159. The number of ether oxygens (including phenoxy) is 1. The van der Waals surface area contributed by atoms with E-state index in [-0.39, 0.29) is 28.6 Å². The number of hydrogen-bond donors (Lipinski definition) is 3. The smallest absolute Gasteiger partial charge is 0.404 e. The summed E-state index contributed by atoms with van der Waals surface area (Å²) in [6.45, 7) is -0.263. The second-order valence-corrected chi connectivity index (χ2v) is 5.60. The van der Waals surface area contributed by atoms with E-state index >= 15 is 0 Å². The fourth-order valence-corrected chi connectivity index (χ4v) is 2.79. The highest BCUT2D eigenvalue weighted by Crippen LogP contribution is 2.14. The minimum atomic E-state index is -3.78. The van der Waals surface area contributed by atoms with Crippen molar-refractivity contribution < 1.29 is 17.9 Å². The summed E-state index contributed by atoms with van der Waals surface area (Å²) in [7, 11) is -3.78. The molecule has 1 amide bonds. The molecule has 0 unspecified atom stereocenters. The maximum atomic E-state index is 12.0. The Kier molecular flexibility index (Phi) is 5.21. The van der Waals surface area contributed by atoms with E-state index in [1.165, 1.54) is 12.1 Å². The SMILES string of the molecule is NC(=O)OCCNS(=O)(=O)c1ccccc1C(N)=S. The van der Waals surface area contributed by atoms with Crippen LogP contribution in [0.15, 0.2) is 29.2 Å². The third-order valence-corrected chi connectivity index (χ3v) is 3.82. The fraction of sp³-hybridized carbons (Fsp3) is 0.200. The van der Waals surface area contributed by atoms with Crippen molar-refractivity contribution in [2.24, 2.45) is 11.5 Å².